The Morgan fingerprint density at radius 2 is 1.81 bits per heavy atom. The van der Waals surface area contributed by atoms with Gasteiger partial charge in [-0.3, -0.25) is 4.79 Å². The SMILES string of the molecule is CC(NS(=O)(=O)c1ccc2c(c1)CN(C(=O)C(F)(F)F)CC2)C(C)(C)C. The molecule has 5 nitrogen and oxygen atoms in total. The molecule has 9 heteroatoms. The summed E-state index contributed by atoms with van der Waals surface area (Å²) in [4.78, 5) is 12.1. The molecule has 1 heterocycles. The first-order valence-electron chi connectivity index (χ1n) is 8.22. The lowest BCUT2D eigenvalue weighted by molar-refractivity contribution is -0.186. The van der Waals surface area contributed by atoms with Crippen LogP contribution < -0.4 is 4.72 Å². The van der Waals surface area contributed by atoms with E-state index in [1.54, 1.807) is 13.0 Å². The molecule has 0 saturated carbocycles. The van der Waals surface area contributed by atoms with Gasteiger partial charge in [-0.1, -0.05) is 26.8 Å². The van der Waals surface area contributed by atoms with Crippen molar-refractivity contribution in [3.8, 4) is 0 Å². The second-order valence-corrected chi connectivity index (χ2v) is 9.33. The van der Waals surface area contributed by atoms with E-state index in [1.165, 1.54) is 12.1 Å². The minimum atomic E-state index is -4.94. The number of benzene rings is 1. The van der Waals surface area contributed by atoms with Crippen molar-refractivity contribution >= 4 is 15.9 Å². The molecular weight excluding hydrogens is 369 g/mol. The maximum Gasteiger partial charge on any atom is 0.471 e. The highest BCUT2D eigenvalue weighted by Crippen LogP contribution is 2.27. The van der Waals surface area contributed by atoms with E-state index in [0.29, 0.717) is 10.5 Å². The highest BCUT2D eigenvalue weighted by Gasteiger charge is 2.43. The largest absolute Gasteiger partial charge is 0.471 e. The molecule has 1 aromatic rings. The maximum atomic E-state index is 12.6. The first-order valence-corrected chi connectivity index (χ1v) is 9.70. The summed E-state index contributed by atoms with van der Waals surface area (Å²) in [5.74, 6) is -1.91. The molecule has 1 N–H and O–H groups in total. The van der Waals surface area contributed by atoms with Crippen molar-refractivity contribution in [2.45, 2.75) is 57.8 Å². The van der Waals surface area contributed by atoms with E-state index in [9.17, 15) is 26.4 Å². The van der Waals surface area contributed by atoms with Crippen molar-refractivity contribution in [3.05, 3.63) is 29.3 Å². The first-order chi connectivity index (χ1) is 11.7. The molecule has 1 aliphatic heterocycles. The molecule has 0 spiro atoms. The van der Waals surface area contributed by atoms with Crippen molar-refractivity contribution in [2.75, 3.05) is 6.54 Å². The van der Waals surface area contributed by atoms with Crippen LogP contribution in [0.15, 0.2) is 23.1 Å². The summed E-state index contributed by atoms with van der Waals surface area (Å²) >= 11 is 0. The Morgan fingerprint density at radius 3 is 2.35 bits per heavy atom. The van der Waals surface area contributed by atoms with Crippen LogP contribution in [0, 0.1) is 5.41 Å². The van der Waals surface area contributed by atoms with Crippen LogP contribution in [0.2, 0.25) is 0 Å². The number of sulfonamides is 1. The molecule has 0 aliphatic carbocycles. The molecule has 1 aromatic carbocycles. The quantitative estimate of drug-likeness (QED) is 0.860. The molecular formula is C17H23F3N2O3S. The smallest absolute Gasteiger partial charge is 0.330 e. The Morgan fingerprint density at radius 1 is 1.19 bits per heavy atom. The maximum absolute atomic E-state index is 12.6. The molecule has 1 aliphatic rings. The van der Waals surface area contributed by atoms with Crippen LogP contribution in [0.1, 0.15) is 38.8 Å². The first kappa shape index (κ1) is 20.7. The lowest BCUT2D eigenvalue weighted by Gasteiger charge is -2.30. The van der Waals surface area contributed by atoms with Gasteiger partial charge in [0.2, 0.25) is 10.0 Å². The lowest BCUT2D eigenvalue weighted by atomic mass is 9.89. The number of nitrogens with zero attached hydrogens (tertiary/aromatic N) is 1. The van der Waals surface area contributed by atoms with Gasteiger partial charge >= 0.3 is 12.1 Å². The molecule has 0 bridgehead atoms. The molecule has 0 radical (unpaired) electrons. The van der Waals surface area contributed by atoms with E-state index >= 15 is 0 Å². The van der Waals surface area contributed by atoms with Crippen LogP contribution in [0.25, 0.3) is 0 Å². The summed E-state index contributed by atoms with van der Waals surface area (Å²) in [6.45, 7) is 7.14. The fourth-order valence-corrected chi connectivity index (χ4v) is 4.03. The third-order valence-electron chi connectivity index (χ3n) is 4.66. The minimum absolute atomic E-state index is 0.0198. The highest BCUT2D eigenvalue weighted by molar-refractivity contribution is 7.89. The summed E-state index contributed by atoms with van der Waals surface area (Å²) in [5.41, 5.74) is 0.871. The summed E-state index contributed by atoms with van der Waals surface area (Å²) in [6, 6.07) is 4.05. The van der Waals surface area contributed by atoms with Gasteiger partial charge in [0.1, 0.15) is 0 Å². The van der Waals surface area contributed by atoms with E-state index in [2.05, 4.69) is 4.72 Å². The monoisotopic (exact) mass is 392 g/mol. The Labute approximate surface area is 151 Å². The molecule has 2 rings (SSSR count). The number of nitrogens with one attached hydrogen (secondary N) is 1. The number of rotatable bonds is 3. The summed E-state index contributed by atoms with van der Waals surface area (Å²) in [6.07, 6.45) is -4.69. The Hall–Kier alpha value is -1.61. The standard InChI is InChI=1S/C17H23F3N2O3S/c1-11(16(2,3)4)21-26(24,25)14-6-5-12-7-8-22(10-13(12)9-14)15(23)17(18,19)20/h5-6,9,11,21H,7-8,10H2,1-4H3. The summed E-state index contributed by atoms with van der Waals surface area (Å²) < 4.78 is 65.7. The molecule has 26 heavy (non-hydrogen) atoms. The number of hydrogen-bond donors (Lipinski definition) is 1. The number of alkyl halides is 3. The topological polar surface area (TPSA) is 66.5 Å². The van der Waals surface area contributed by atoms with Gasteiger partial charge in [-0.15, -0.1) is 0 Å². The van der Waals surface area contributed by atoms with E-state index in [-0.39, 0.29) is 35.9 Å². The molecule has 1 atom stereocenters. The predicted molar refractivity (Wildman–Crippen MR) is 90.9 cm³/mol. The van der Waals surface area contributed by atoms with E-state index in [1.807, 2.05) is 20.8 Å². The van der Waals surface area contributed by atoms with Gasteiger partial charge in [0.25, 0.3) is 0 Å². The van der Waals surface area contributed by atoms with Crippen LogP contribution in [0.3, 0.4) is 0 Å². The third-order valence-corrected chi connectivity index (χ3v) is 6.20. The average molecular weight is 392 g/mol. The number of amides is 1. The number of fused-ring (bicyclic) bond motifs is 1. The van der Waals surface area contributed by atoms with Gasteiger partial charge in [-0.05, 0) is 42.0 Å². The molecule has 0 saturated heterocycles. The van der Waals surface area contributed by atoms with Crippen molar-refractivity contribution in [2.24, 2.45) is 5.41 Å². The van der Waals surface area contributed by atoms with Gasteiger partial charge in [0, 0.05) is 19.1 Å². The third kappa shape index (κ3) is 4.56. The van der Waals surface area contributed by atoms with Crippen LogP contribution in [0.5, 0.6) is 0 Å². The zero-order chi connectivity index (χ0) is 19.9. The van der Waals surface area contributed by atoms with Crippen molar-refractivity contribution in [1.82, 2.24) is 9.62 Å². The van der Waals surface area contributed by atoms with E-state index in [0.717, 1.165) is 5.56 Å². The van der Waals surface area contributed by atoms with Crippen LogP contribution in [-0.4, -0.2) is 38.0 Å². The van der Waals surface area contributed by atoms with Crippen molar-refractivity contribution in [1.29, 1.82) is 0 Å². The Balaban J connectivity index is 2.27. The van der Waals surface area contributed by atoms with E-state index < -0.39 is 22.1 Å². The minimum Gasteiger partial charge on any atom is -0.330 e. The number of carbonyl (C=O) groups is 1. The average Bonchev–Trinajstić information content (AvgIpc) is 2.50. The molecule has 1 amide bonds. The number of hydrogen-bond acceptors (Lipinski definition) is 3. The molecule has 0 aromatic heterocycles. The molecule has 146 valence electrons. The van der Waals surface area contributed by atoms with Gasteiger partial charge in [0.15, 0.2) is 0 Å². The number of carbonyl (C=O) groups excluding carboxylic acids is 1. The predicted octanol–water partition coefficient (Wildman–Crippen LogP) is 2.85. The van der Waals surface area contributed by atoms with Gasteiger partial charge < -0.3 is 4.90 Å². The molecule has 0 fully saturated rings. The zero-order valence-corrected chi connectivity index (χ0v) is 16.0. The lowest BCUT2D eigenvalue weighted by Crippen LogP contribution is -2.44. The Bertz CT molecular complexity index is 798. The summed E-state index contributed by atoms with van der Waals surface area (Å²) in [7, 11) is -3.82. The normalized spacial score (nSPS) is 17.0. The fourth-order valence-electron chi connectivity index (χ4n) is 2.53. The van der Waals surface area contributed by atoms with Crippen LogP contribution >= 0.6 is 0 Å². The van der Waals surface area contributed by atoms with Crippen LogP contribution in [0.4, 0.5) is 13.2 Å². The van der Waals surface area contributed by atoms with Gasteiger partial charge in [-0.2, -0.15) is 13.2 Å². The fraction of sp³-hybridized carbons (Fsp3) is 0.588. The van der Waals surface area contributed by atoms with Gasteiger partial charge in [0.05, 0.1) is 4.90 Å². The summed E-state index contributed by atoms with van der Waals surface area (Å²) in [5, 5.41) is 0. The Kier molecular flexibility index (Phi) is 5.45. The van der Waals surface area contributed by atoms with E-state index in [4.69, 9.17) is 0 Å². The van der Waals surface area contributed by atoms with Crippen molar-refractivity contribution < 1.29 is 26.4 Å². The van der Waals surface area contributed by atoms with Gasteiger partial charge in [-0.25, -0.2) is 13.1 Å². The second kappa shape index (κ2) is 6.84. The highest BCUT2D eigenvalue weighted by atomic mass is 32.2. The number of halogens is 3. The zero-order valence-electron chi connectivity index (χ0n) is 15.1. The van der Waals surface area contributed by atoms with Crippen molar-refractivity contribution in [3.63, 3.8) is 0 Å². The van der Waals surface area contributed by atoms with Crippen LogP contribution in [-0.2, 0) is 27.8 Å². The second-order valence-electron chi connectivity index (χ2n) is 7.61. The molecule has 1 unspecified atom stereocenters.